The van der Waals surface area contributed by atoms with Crippen molar-refractivity contribution in [2.75, 3.05) is 13.1 Å². The molecule has 1 aromatic rings. The van der Waals surface area contributed by atoms with Crippen molar-refractivity contribution in [3.05, 3.63) is 12.2 Å². The Morgan fingerprint density at radius 3 is 2.94 bits per heavy atom. The molecular formula is C13H25N5. The molecule has 1 fully saturated rings. The summed E-state index contributed by atoms with van der Waals surface area (Å²) in [6.07, 6.45) is 2.84. The van der Waals surface area contributed by atoms with Gasteiger partial charge in [0.1, 0.15) is 12.2 Å². The van der Waals surface area contributed by atoms with Crippen LogP contribution < -0.4 is 5.32 Å². The number of aromatic nitrogens is 3. The topological polar surface area (TPSA) is 46.0 Å². The molecule has 1 aliphatic rings. The van der Waals surface area contributed by atoms with E-state index in [2.05, 4.69) is 48.0 Å². The number of rotatable bonds is 4. The number of piperazine rings is 1. The third kappa shape index (κ3) is 2.90. The predicted molar refractivity (Wildman–Crippen MR) is 72.4 cm³/mol. The molecule has 0 radical (unpaired) electrons. The highest BCUT2D eigenvalue weighted by Crippen LogP contribution is 2.15. The molecule has 2 unspecified atom stereocenters. The molecule has 1 saturated heterocycles. The Balaban J connectivity index is 2.08. The summed E-state index contributed by atoms with van der Waals surface area (Å²) in [7, 11) is 0. The first-order valence-electron chi connectivity index (χ1n) is 6.97. The predicted octanol–water partition coefficient (Wildman–Crippen LogP) is 1.43. The van der Waals surface area contributed by atoms with Crippen molar-refractivity contribution in [1.29, 1.82) is 0 Å². The molecule has 2 rings (SSSR count). The second kappa shape index (κ2) is 5.80. The van der Waals surface area contributed by atoms with Crippen molar-refractivity contribution in [3.8, 4) is 0 Å². The lowest BCUT2D eigenvalue weighted by molar-refractivity contribution is 0.118. The summed E-state index contributed by atoms with van der Waals surface area (Å²) in [4.78, 5) is 6.95. The standard InChI is InChI=1S/C13H25N5/c1-5-12-6-14-11(4)7-17(12)8-13-15-9-16-18(13)10(2)3/h9-12,14H,5-8H2,1-4H3. The molecule has 18 heavy (non-hydrogen) atoms. The van der Waals surface area contributed by atoms with Gasteiger partial charge in [-0.05, 0) is 27.2 Å². The van der Waals surface area contributed by atoms with Gasteiger partial charge < -0.3 is 5.32 Å². The summed E-state index contributed by atoms with van der Waals surface area (Å²) >= 11 is 0. The fourth-order valence-electron chi connectivity index (χ4n) is 2.63. The molecule has 5 heteroatoms. The van der Waals surface area contributed by atoms with E-state index >= 15 is 0 Å². The molecule has 1 N–H and O–H groups in total. The largest absolute Gasteiger partial charge is 0.311 e. The zero-order chi connectivity index (χ0) is 13.1. The van der Waals surface area contributed by atoms with Crippen molar-refractivity contribution in [3.63, 3.8) is 0 Å². The molecule has 2 heterocycles. The van der Waals surface area contributed by atoms with Gasteiger partial charge in [0.05, 0.1) is 6.54 Å². The van der Waals surface area contributed by atoms with Gasteiger partial charge in [0.2, 0.25) is 0 Å². The van der Waals surface area contributed by atoms with Gasteiger partial charge in [-0.25, -0.2) is 9.67 Å². The van der Waals surface area contributed by atoms with Crippen LogP contribution in [0.3, 0.4) is 0 Å². The lowest BCUT2D eigenvalue weighted by atomic mass is 10.1. The lowest BCUT2D eigenvalue weighted by Gasteiger charge is -2.38. The van der Waals surface area contributed by atoms with Crippen molar-refractivity contribution >= 4 is 0 Å². The molecule has 102 valence electrons. The third-order valence-electron chi connectivity index (χ3n) is 3.68. The third-order valence-corrected chi connectivity index (χ3v) is 3.68. The molecular weight excluding hydrogens is 226 g/mol. The summed E-state index contributed by atoms with van der Waals surface area (Å²) in [5.74, 6) is 1.08. The first-order valence-corrected chi connectivity index (χ1v) is 6.97. The van der Waals surface area contributed by atoms with Crippen LogP contribution in [-0.4, -0.2) is 44.8 Å². The van der Waals surface area contributed by atoms with Crippen LogP contribution in [0.4, 0.5) is 0 Å². The van der Waals surface area contributed by atoms with Gasteiger partial charge in [0.25, 0.3) is 0 Å². The van der Waals surface area contributed by atoms with Gasteiger partial charge in [-0.2, -0.15) is 5.10 Å². The van der Waals surface area contributed by atoms with Crippen LogP contribution >= 0.6 is 0 Å². The molecule has 0 bridgehead atoms. The van der Waals surface area contributed by atoms with Crippen LogP contribution in [0.5, 0.6) is 0 Å². The summed E-state index contributed by atoms with van der Waals surface area (Å²) < 4.78 is 2.03. The maximum Gasteiger partial charge on any atom is 0.141 e. The van der Waals surface area contributed by atoms with Crippen LogP contribution in [0.25, 0.3) is 0 Å². The van der Waals surface area contributed by atoms with E-state index in [0.29, 0.717) is 18.1 Å². The van der Waals surface area contributed by atoms with Gasteiger partial charge in [-0.3, -0.25) is 4.90 Å². The molecule has 0 aliphatic carbocycles. The first-order chi connectivity index (χ1) is 8.61. The molecule has 0 amide bonds. The highest BCUT2D eigenvalue weighted by Gasteiger charge is 2.25. The number of nitrogens with one attached hydrogen (secondary N) is 1. The maximum atomic E-state index is 4.42. The fraction of sp³-hybridized carbons (Fsp3) is 0.846. The van der Waals surface area contributed by atoms with Crippen LogP contribution in [0.2, 0.25) is 0 Å². The van der Waals surface area contributed by atoms with E-state index in [1.807, 2.05) is 4.68 Å². The average Bonchev–Trinajstić information content (AvgIpc) is 2.77. The first kappa shape index (κ1) is 13.5. The molecule has 2 atom stereocenters. The van der Waals surface area contributed by atoms with Gasteiger partial charge in [-0.15, -0.1) is 0 Å². The highest BCUT2D eigenvalue weighted by molar-refractivity contribution is 4.91. The molecule has 0 spiro atoms. The zero-order valence-corrected chi connectivity index (χ0v) is 11.9. The van der Waals surface area contributed by atoms with E-state index in [1.54, 1.807) is 6.33 Å². The Morgan fingerprint density at radius 2 is 2.28 bits per heavy atom. The molecule has 5 nitrogen and oxygen atoms in total. The Hall–Kier alpha value is -0.940. The van der Waals surface area contributed by atoms with E-state index in [9.17, 15) is 0 Å². The van der Waals surface area contributed by atoms with Gasteiger partial charge in [0, 0.05) is 31.2 Å². The summed E-state index contributed by atoms with van der Waals surface area (Å²) in [5, 5.41) is 7.86. The number of nitrogens with zero attached hydrogens (tertiary/aromatic N) is 4. The minimum Gasteiger partial charge on any atom is -0.311 e. The fourth-order valence-corrected chi connectivity index (χ4v) is 2.63. The second-order valence-corrected chi connectivity index (χ2v) is 5.52. The number of hydrogen-bond acceptors (Lipinski definition) is 4. The van der Waals surface area contributed by atoms with Crippen LogP contribution in [-0.2, 0) is 6.54 Å². The Bertz CT molecular complexity index is 373. The smallest absolute Gasteiger partial charge is 0.141 e. The van der Waals surface area contributed by atoms with Crippen LogP contribution in [0.15, 0.2) is 6.33 Å². The normalized spacial score (nSPS) is 25.8. The van der Waals surface area contributed by atoms with E-state index in [0.717, 1.165) is 25.5 Å². The average molecular weight is 251 g/mol. The Kier molecular flexibility index (Phi) is 4.35. The van der Waals surface area contributed by atoms with Crippen molar-refractivity contribution in [2.24, 2.45) is 0 Å². The highest BCUT2D eigenvalue weighted by atomic mass is 15.4. The van der Waals surface area contributed by atoms with Crippen LogP contribution in [0.1, 0.15) is 46.0 Å². The molecule has 0 saturated carbocycles. The minimum absolute atomic E-state index is 0.378. The van der Waals surface area contributed by atoms with Gasteiger partial charge in [-0.1, -0.05) is 6.92 Å². The number of hydrogen-bond donors (Lipinski definition) is 1. The zero-order valence-electron chi connectivity index (χ0n) is 11.9. The summed E-state index contributed by atoms with van der Waals surface area (Å²) in [6, 6.07) is 1.55. The monoisotopic (exact) mass is 251 g/mol. The summed E-state index contributed by atoms with van der Waals surface area (Å²) in [6.45, 7) is 11.9. The lowest BCUT2D eigenvalue weighted by Crippen LogP contribution is -2.54. The molecule has 0 aromatic carbocycles. The van der Waals surface area contributed by atoms with Gasteiger partial charge in [0.15, 0.2) is 0 Å². The summed E-state index contributed by atoms with van der Waals surface area (Å²) in [5.41, 5.74) is 0. The van der Waals surface area contributed by atoms with E-state index in [1.165, 1.54) is 6.42 Å². The quantitative estimate of drug-likeness (QED) is 0.879. The minimum atomic E-state index is 0.378. The van der Waals surface area contributed by atoms with Crippen molar-refractivity contribution < 1.29 is 0 Å². The van der Waals surface area contributed by atoms with Crippen molar-refractivity contribution in [1.82, 2.24) is 25.0 Å². The maximum absolute atomic E-state index is 4.42. The van der Waals surface area contributed by atoms with Crippen LogP contribution in [0, 0.1) is 0 Å². The van der Waals surface area contributed by atoms with E-state index in [4.69, 9.17) is 0 Å². The van der Waals surface area contributed by atoms with Gasteiger partial charge >= 0.3 is 0 Å². The second-order valence-electron chi connectivity index (χ2n) is 5.52. The molecule has 1 aromatic heterocycles. The van der Waals surface area contributed by atoms with E-state index in [-0.39, 0.29) is 0 Å². The SMILES string of the molecule is CCC1CNC(C)CN1Cc1ncnn1C(C)C. The Labute approximate surface area is 110 Å². The molecule has 1 aliphatic heterocycles. The van der Waals surface area contributed by atoms with E-state index < -0.39 is 0 Å². The van der Waals surface area contributed by atoms with Crippen molar-refractivity contribution in [2.45, 2.75) is 58.8 Å². The Morgan fingerprint density at radius 1 is 1.50 bits per heavy atom.